The molecule has 148 valence electrons. The molecule has 0 spiro atoms. The van der Waals surface area contributed by atoms with Gasteiger partial charge in [-0.05, 0) is 34.9 Å². The van der Waals surface area contributed by atoms with Gasteiger partial charge in [0.05, 0.1) is 11.6 Å². The number of nitriles is 1. The van der Waals surface area contributed by atoms with E-state index < -0.39 is 11.8 Å². The first kappa shape index (κ1) is 20.6. The monoisotopic (exact) mass is 395 g/mol. The van der Waals surface area contributed by atoms with Gasteiger partial charge in [-0.15, -0.1) is 0 Å². The lowest BCUT2D eigenvalue weighted by atomic mass is 10.1. The van der Waals surface area contributed by atoms with Gasteiger partial charge in [-0.1, -0.05) is 72.8 Å². The van der Waals surface area contributed by atoms with Crippen molar-refractivity contribution < 1.29 is 9.59 Å². The summed E-state index contributed by atoms with van der Waals surface area (Å²) in [4.78, 5) is 25.6. The molecule has 0 bridgehead atoms. The van der Waals surface area contributed by atoms with Gasteiger partial charge in [0, 0.05) is 13.1 Å². The summed E-state index contributed by atoms with van der Waals surface area (Å²) in [5.41, 5.74) is 3.05. The smallest absolute Gasteiger partial charge is 0.257 e. The van der Waals surface area contributed by atoms with E-state index in [1.807, 2.05) is 60.7 Å². The first-order valence-corrected chi connectivity index (χ1v) is 9.52. The van der Waals surface area contributed by atoms with E-state index in [0.717, 1.165) is 11.1 Å². The van der Waals surface area contributed by atoms with E-state index in [2.05, 4.69) is 16.7 Å². The molecule has 0 aliphatic heterocycles. The van der Waals surface area contributed by atoms with Crippen LogP contribution in [0.25, 0.3) is 6.08 Å². The predicted octanol–water partition coefficient (Wildman–Crippen LogP) is 3.57. The summed E-state index contributed by atoms with van der Waals surface area (Å²) in [6.45, 7) is 0.632. The van der Waals surface area contributed by atoms with Crippen molar-refractivity contribution in [1.29, 1.82) is 5.26 Å². The maximum atomic E-state index is 12.8. The highest BCUT2D eigenvalue weighted by atomic mass is 16.2. The second kappa shape index (κ2) is 10.4. The van der Waals surface area contributed by atoms with Crippen molar-refractivity contribution in [1.82, 2.24) is 10.6 Å². The SMILES string of the molecule is N#Cc1ccc(C=C(C(=O)NCc2ccccc2)C(=O)NCc2ccccc2)cc1. The molecule has 3 aromatic carbocycles. The summed E-state index contributed by atoms with van der Waals surface area (Å²) in [6, 6.07) is 27.7. The topological polar surface area (TPSA) is 82.0 Å². The van der Waals surface area contributed by atoms with E-state index >= 15 is 0 Å². The molecular formula is C25H21N3O2. The number of rotatable bonds is 7. The highest BCUT2D eigenvalue weighted by molar-refractivity contribution is 6.21. The Bertz CT molecular complexity index is 1010. The van der Waals surface area contributed by atoms with Gasteiger partial charge in [0.15, 0.2) is 0 Å². The summed E-state index contributed by atoms with van der Waals surface area (Å²) < 4.78 is 0. The predicted molar refractivity (Wildman–Crippen MR) is 116 cm³/mol. The minimum absolute atomic E-state index is 0.00608. The Morgan fingerprint density at radius 2 is 1.20 bits per heavy atom. The summed E-state index contributed by atoms with van der Waals surface area (Å²) in [5.74, 6) is -0.928. The second-order valence-electron chi connectivity index (χ2n) is 6.63. The fourth-order valence-electron chi connectivity index (χ4n) is 2.80. The zero-order chi connectivity index (χ0) is 21.2. The van der Waals surface area contributed by atoms with E-state index in [4.69, 9.17) is 5.26 Å². The van der Waals surface area contributed by atoms with Gasteiger partial charge >= 0.3 is 0 Å². The fraction of sp³-hybridized carbons (Fsp3) is 0.0800. The van der Waals surface area contributed by atoms with Crippen LogP contribution in [0.1, 0.15) is 22.3 Å². The third kappa shape index (κ3) is 5.91. The van der Waals surface area contributed by atoms with Gasteiger partial charge in [0.25, 0.3) is 11.8 Å². The number of carbonyl (C=O) groups is 2. The molecule has 0 atom stereocenters. The van der Waals surface area contributed by atoms with Crippen LogP contribution in [-0.4, -0.2) is 11.8 Å². The Morgan fingerprint density at radius 1 is 0.733 bits per heavy atom. The van der Waals surface area contributed by atoms with Crippen molar-refractivity contribution >= 4 is 17.9 Å². The molecule has 0 saturated carbocycles. The molecule has 2 amide bonds. The molecule has 0 aliphatic rings. The molecular weight excluding hydrogens is 374 g/mol. The minimum atomic E-state index is -0.464. The molecule has 0 fully saturated rings. The highest BCUT2D eigenvalue weighted by Crippen LogP contribution is 2.11. The molecule has 0 heterocycles. The Kier molecular flexibility index (Phi) is 7.12. The van der Waals surface area contributed by atoms with Gasteiger partial charge in [-0.2, -0.15) is 5.26 Å². The van der Waals surface area contributed by atoms with E-state index in [1.54, 1.807) is 24.3 Å². The molecule has 3 aromatic rings. The normalized spacial score (nSPS) is 9.83. The van der Waals surface area contributed by atoms with Crippen LogP contribution in [0.5, 0.6) is 0 Å². The fourth-order valence-corrected chi connectivity index (χ4v) is 2.80. The van der Waals surface area contributed by atoms with Crippen LogP contribution in [0.2, 0.25) is 0 Å². The summed E-state index contributed by atoms with van der Waals surface area (Å²) in [7, 11) is 0. The average Bonchev–Trinajstić information content (AvgIpc) is 2.81. The molecule has 5 heteroatoms. The van der Waals surface area contributed by atoms with Crippen molar-refractivity contribution in [2.24, 2.45) is 0 Å². The van der Waals surface area contributed by atoms with Crippen LogP contribution < -0.4 is 10.6 Å². The number of nitrogens with one attached hydrogen (secondary N) is 2. The number of amides is 2. The van der Waals surface area contributed by atoms with Crippen LogP contribution in [0.3, 0.4) is 0 Å². The lowest BCUT2D eigenvalue weighted by Gasteiger charge is -2.11. The molecule has 3 rings (SSSR count). The van der Waals surface area contributed by atoms with Crippen molar-refractivity contribution in [3.8, 4) is 6.07 Å². The molecule has 0 radical (unpaired) electrons. The number of benzene rings is 3. The van der Waals surface area contributed by atoms with Gasteiger partial charge in [-0.25, -0.2) is 0 Å². The minimum Gasteiger partial charge on any atom is -0.348 e. The molecule has 0 unspecified atom stereocenters. The molecule has 0 aliphatic carbocycles. The third-order valence-electron chi connectivity index (χ3n) is 4.43. The van der Waals surface area contributed by atoms with Gasteiger partial charge < -0.3 is 10.6 Å². The van der Waals surface area contributed by atoms with E-state index in [9.17, 15) is 9.59 Å². The van der Waals surface area contributed by atoms with Crippen molar-refractivity contribution in [2.45, 2.75) is 13.1 Å². The maximum absolute atomic E-state index is 12.8. The van der Waals surface area contributed by atoms with Crippen molar-refractivity contribution in [3.05, 3.63) is 113 Å². The Hall–Kier alpha value is -4.17. The first-order chi connectivity index (χ1) is 14.7. The lowest BCUT2D eigenvalue weighted by molar-refractivity contribution is -0.123. The van der Waals surface area contributed by atoms with Crippen LogP contribution in [0.4, 0.5) is 0 Å². The first-order valence-electron chi connectivity index (χ1n) is 9.52. The lowest BCUT2D eigenvalue weighted by Crippen LogP contribution is -2.34. The second-order valence-corrected chi connectivity index (χ2v) is 6.63. The Labute approximate surface area is 175 Å². The van der Waals surface area contributed by atoms with Gasteiger partial charge in [-0.3, -0.25) is 9.59 Å². The largest absolute Gasteiger partial charge is 0.348 e. The third-order valence-corrected chi connectivity index (χ3v) is 4.43. The van der Waals surface area contributed by atoms with Crippen LogP contribution in [-0.2, 0) is 22.7 Å². The maximum Gasteiger partial charge on any atom is 0.257 e. The number of hydrogen-bond acceptors (Lipinski definition) is 3. The van der Waals surface area contributed by atoms with E-state index in [-0.39, 0.29) is 5.57 Å². The van der Waals surface area contributed by atoms with Crippen LogP contribution in [0, 0.1) is 11.3 Å². The van der Waals surface area contributed by atoms with E-state index in [1.165, 1.54) is 6.08 Å². The summed E-state index contributed by atoms with van der Waals surface area (Å²) >= 11 is 0. The molecule has 0 aromatic heterocycles. The Morgan fingerprint density at radius 3 is 1.63 bits per heavy atom. The number of hydrogen-bond donors (Lipinski definition) is 2. The van der Waals surface area contributed by atoms with Crippen molar-refractivity contribution in [2.75, 3.05) is 0 Å². The van der Waals surface area contributed by atoms with Crippen LogP contribution >= 0.6 is 0 Å². The molecule has 5 nitrogen and oxygen atoms in total. The number of nitrogens with zero attached hydrogens (tertiary/aromatic N) is 1. The summed E-state index contributed by atoms with van der Waals surface area (Å²) in [5, 5.41) is 14.6. The zero-order valence-electron chi connectivity index (χ0n) is 16.3. The van der Waals surface area contributed by atoms with Crippen LogP contribution in [0.15, 0.2) is 90.5 Å². The standard InChI is InChI=1S/C25H21N3O2/c26-16-20-13-11-19(12-14-20)15-23(24(29)27-17-21-7-3-1-4-8-21)25(30)28-18-22-9-5-2-6-10-22/h1-15H,17-18H2,(H,27,29)(H,28,30). The zero-order valence-corrected chi connectivity index (χ0v) is 16.3. The Balaban J connectivity index is 1.77. The quantitative estimate of drug-likeness (QED) is 0.364. The number of carbonyl (C=O) groups excluding carboxylic acids is 2. The highest BCUT2D eigenvalue weighted by Gasteiger charge is 2.18. The average molecular weight is 395 g/mol. The van der Waals surface area contributed by atoms with Crippen molar-refractivity contribution in [3.63, 3.8) is 0 Å². The molecule has 30 heavy (non-hydrogen) atoms. The molecule has 2 N–H and O–H groups in total. The summed E-state index contributed by atoms with van der Waals surface area (Å²) in [6.07, 6.45) is 1.53. The van der Waals surface area contributed by atoms with Gasteiger partial charge in [0.2, 0.25) is 0 Å². The van der Waals surface area contributed by atoms with Gasteiger partial charge in [0.1, 0.15) is 5.57 Å². The van der Waals surface area contributed by atoms with E-state index in [0.29, 0.717) is 24.2 Å². The molecule has 0 saturated heterocycles.